The third-order valence-electron chi connectivity index (χ3n) is 2.30. The van der Waals surface area contributed by atoms with Crippen molar-refractivity contribution in [2.75, 3.05) is 19.7 Å². The van der Waals surface area contributed by atoms with E-state index in [-0.39, 0.29) is 19.7 Å². The zero-order valence-corrected chi connectivity index (χ0v) is 9.83. The summed E-state index contributed by atoms with van der Waals surface area (Å²) in [6.07, 6.45) is -4.26. The maximum atomic E-state index is 12.3. The van der Waals surface area contributed by atoms with Gasteiger partial charge in [-0.3, -0.25) is 9.58 Å². The van der Waals surface area contributed by atoms with Crippen LogP contribution in [0.4, 0.5) is 13.2 Å². The number of aliphatic hydroxyl groups is 1. The number of aryl methyl sites for hydroxylation is 2. The predicted molar refractivity (Wildman–Crippen MR) is 56.4 cm³/mol. The first-order valence-electron chi connectivity index (χ1n) is 5.21. The van der Waals surface area contributed by atoms with Crippen molar-refractivity contribution >= 4 is 0 Å². The molecule has 1 aromatic heterocycles. The van der Waals surface area contributed by atoms with Crippen LogP contribution in [-0.4, -0.2) is 45.7 Å². The van der Waals surface area contributed by atoms with Gasteiger partial charge in [-0.1, -0.05) is 0 Å². The highest BCUT2D eigenvalue weighted by atomic mass is 19.4. The molecule has 1 N–H and O–H groups in total. The molecule has 98 valence electrons. The Morgan fingerprint density at radius 1 is 1.47 bits per heavy atom. The summed E-state index contributed by atoms with van der Waals surface area (Å²) in [6, 6.07) is 1.74. The molecule has 0 amide bonds. The van der Waals surface area contributed by atoms with Gasteiger partial charge in [-0.25, -0.2) is 0 Å². The highest BCUT2D eigenvalue weighted by Gasteiger charge is 2.30. The Hall–Kier alpha value is -1.08. The molecule has 0 aliphatic heterocycles. The second-order valence-corrected chi connectivity index (χ2v) is 3.95. The fraction of sp³-hybridized carbons (Fsp3) is 0.700. The highest BCUT2D eigenvalue weighted by molar-refractivity contribution is 5.08. The van der Waals surface area contributed by atoms with E-state index in [9.17, 15) is 13.2 Å². The Morgan fingerprint density at radius 2 is 2.12 bits per heavy atom. The molecular weight excluding hydrogens is 235 g/mol. The van der Waals surface area contributed by atoms with Crippen molar-refractivity contribution in [3.8, 4) is 0 Å². The highest BCUT2D eigenvalue weighted by Crippen LogP contribution is 2.18. The second-order valence-electron chi connectivity index (χ2n) is 3.95. The lowest BCUT2D eigenvalue weighted by molar-refractivity contribution is -0.148. The number of rotatable bonds is 5. The predicted octanol–water partition coefficient (Wildman–Crippen LogP) is 1.09. The van der Waals surface area contributed by atoms with E-state index in [1.165, 1.54) is 0 Å². The number of alkyl halides is 3. The van der Waals surface area contributed by atoms with Gasteiger partial charge in [0.2, 0.25) is 0 Å². The topological polar surface area (TPSA) is 41.3 Å². The van der Waals surface area contributed by atoms with Crippen LogP contribution in [0.25, 0.3) is 0 Å². The van der Waals surface area contributed by atoms with Gasteiger partial charge >= 0.3 is 6.18 Å². The molecule has 0 aliphatic carbocycles. The first-order chi connectivity index (χ1) is 7.81. The smallest absolute Gasteiger partial charge is 0.395 e. The summed E-state index contributed by atoms with van der Waals surface area (Å²) in [4.78, 5) is 1.15. The van der Waals surface area contributed by atoms with Crippen molar-refractivity contribution in [3.05, 3.63) is 17.5 Å². The van der Waals surface area contributed by atoms with Gasteiger partial charge in [0, 0.05) is 20.1 Å². The van der Waals surface area contributed by atoms with Gasteiger partial charge < -0.3 is 5.11 Å². The van der Waals surface area contributed by atoms with Crippen LogP contribution in [-0.2, 0) is 13.6 Å². The average Bonchev–Trinajstić information content (AvgIpc) is 2.42. The molecule has 0 radical (unpaired) electrons. The second kappa shape index (κ2) is 5.50. The Labute approximate surface area is 97.6 Å². The Kier molecular flexibility index (Phi) is 4.53. The van der Waals surface area contributed by atoms with Crippen LogP contribution in [0, 0.1) is 6.92 Å². The molecule has 1 heterocycles. The minimum absolute atomic E-state index is 0.0102. The van der Waals surface area contributed by atoms with Gasteiger partial charge in [-0.2, -0.15) is 18.3 Å². The summed E-state index contributed by atoms with van der Waals surface area (Å²) in [6.45, 7) is 0.565. The zero-order valence-electron chi connectivity index (χ0n) is 9.83. The van der Waals surface area contributed by atoms with Crippen LogP contribution in [0.2, 0.25) is 0 Å². The first kappa shape index (κ1) is 14.0. The molecule has 0 saturated carbocycles. The number of nitrogens with zero attached hydrogens (tertiary/aromatic N) is 3. The van der Waals surface area contributed by atoms with Crippen LogP contribution in [0.15, 0.2) is 6.07 Å². The number of hydrogen-bond acceptors (Lipinski definition) is 3. The number of halogens is 3. The van der Waals surface area contributed by atoms with Crippen LogP contribution < -0.4 is 0 Å². The summed E-state index contributed by atoms with van der Waals surface area (Å²) in [5.41, 5.74) is 1.46. The monoisotopic (exact) mass is 251 g/mol. The molecule has 0 fully saturated rings. The largest absolute Gasteiger partial charge is 0.401 e. The summed E-state index contributed by atoms with van der Waals surface area (Å²) >= 11 is 0. The van der Waals surface area contributed by atoms with Crippen molar-refractivity contribution in [1.29, 1.82) is 0 Å². The number of aromatic nitrogens is 2. The Balaban J connectivity index is 2.69. The SMILES string of the molecule is Cc1cc(CN(CCO)CC(F)(F)F)n(C)n1. The molecule has 0 aromatic carbocycles. The minimum Gasteiger partial charge on any atom is -0.395 e. The summed E-state index contributed by atoms with van der Waals surface area (Å²) in [5, 5.41) is 12.8. The average molecular weight is 251 g/mol. The molecule has 0 saturated heterocycles. The van der Waals surface area contributed by atoms with Gasteiger partial charge in [0.15, 0.2) is 0 Å². The summed E-state index contributed by atoms with van der Waals surface area (Å²) in [5.74, 6) is 0. The fourth-order valence-corrected chi connectivity index (χ4v) is 1.65. The lowest BCUT2D eigenvalue weighted by atomic mass is 10.3. The van der Waals surface area contributed by atoms with Gasteiger partial charge in [-0.05, 0) is 13.0 Å². The fourth-order valence-electron chi connectivity index (χ4n) is 1.65. The van der Waals surface area contributed by atoms with Gasteiger partial charge in [-0.15, -0.1) is 0 Å². The van der Waals surface area contributed by atoms with Crippen molar-refractivity contribution < 1.29 is 18.3 Å². The Morgan fingerprint density at radius 3 is 2.53 bits per heavy atom. The summed E-state index contributed by atoms with van der Waals surface area (Å²) < 4.78 is 38.4. The molecule has 0 spiro atoms. The number of hydrogen-bond donors (Lipinski definition) is 1. The van der Waals surface area contributed by atoms with Crippen LogP contribution in [0.1, 0.15) is 11.4 Å². The van der Waals surface area contributed by atoms with E-state index in [1.807, 2.05) is 0 Å². The normalized spacial score (nSPS) is 12.4. The van der Waals surface area contributed by atoms with E-state index < -0.39 is 12.7 Å². The lowest BCUT2D eigenvalue weighted by Crippen LogP contribution is -2.36. The van der Waals surface area contributed by atoms with E-state index in [1.54, 1.807) is 24.7 Å². The van der Waals surface area contributed by atoms with Gasteiger partial charge in [0.05, 0.1) is 24.5 Å². The minimum atomic E-state index is -4.26. The molecule has 0 atom stereocenters. The molecule has 0 unspecified atom stereocenters. The standard InChI is InChI=1S/C10H16F3N3O/c1-8-5-9(15(2)14-8)6-16(3-4-17)7-10(11,12)13/h5,17H,3-4,6-7H2,1-2H3. The van der Waals surface area contributed by atoms with E-state index in [2.05, 4.69) is 5.10 Å². The van der Waals surface area contributed by atoms with Gasteiger partial charge in [0.1, 0.15) is 0 Å². The maximum absolute atomic E-state index is 12.3. The van der Waals surface area contributed by atoms with Gasteiger partial charge in [0.25, 0.3) is 0 Å². The molecule has 1 aromatic rings. The molecular formula is C10H16F3N3O. The van der Waals surface area contributed by atoms with E-state index in [4.69, 9.17) is 5.11 Å². The zero-order chi connectivity index (χ0) is 13.1. The molecule has 0 bridgehead atoms. The number of aliphatic hydroxyl groups excluding tert-OH is 1. The molecule has 1 rings (SSSR count). The quantitative estimate of drug-likeness (QED) is 0.851. The van der Waals surface area contributed by atoms with Crippen molar-refractivity contribution in [2.45, 2.75) is 19.6 Å². The van der Waals surface area contributed by atoms with Crippen molar-refractivity contribution in [1.82, 2.24) is 14.7 Å². The summed E-state index contributed by atoms with van der Waals surface area (Å²) in [7, 11) is 1.69. The maximum Gasteiger partial charge on any atom is 0.401 e. The third-order valence-corrected chi connectivity index (χ3v) is 2.30. The van der Waals surface area contributed by atoms with Crippen molar-refractivity contribution in [2.24, 2.45) is 7.05 Å². The molecule has 4 nitrogen and oxygen atoms in total. The molecule has 0 aliphatic rings. The van der Waals surface area contributed by atoms with E-state index in [0.29, 0.717) is 5.69 Å². The third kappa shape index (κ3) is 4.74. The first-order valence-corrected chi connectivity index (χ1v) is 5.21. The Bertz CT molecular complexity index is 362. The van der Waals surface area contributed by atoms with Crippen LogP contribution in [0.3, 0.4) is 0 Å². The van der Waals surface area contributed by atoms with E-state index in [0.717, 1.165) is 10.6 Å². The van der Waals surface area contributed by atoms with Crippen LogP contribution in [0.5, 0.6) is 0 Å². The lowest BCUT2D eigenvalue weighted by Gasteiger charge is -2.22. The molecule has 17 heavy (non-hydrogen) atoms. The van der Waals surface area contributed by atoms with E-state index >= 15 is 0 Å². The van der Waals surface area contributed by atoms with Crippen molar-refractivity contribution in [3.63, 3.8) is 0 Å². The van der Waals surface area contributed by atoms with Crippen LogP contribution >= 0.6 is 0 Å². The molecule has 7 heteroatoms.